The van der Waals surface area contributed by atoms with Crippen molar-refractivity contribution in [3.8, 4) is 0 Å². The molecule has 0 aliphatic rings. The highest BCUT2D eigenvalue weighted by atomic mass is 16.5. The molecule has 0 aromatic heterocycles. The molecule has 0 radical (unpaired) electrons. The van der Waals surface area contributed by atoms with Crippen LogP contribution in [0, 0.1) is 0 Å². The Morgan fingerprint density at radius 2 is 1.27 bits per heavy atom. The molecule has 2 aromatic carbocycles. The van der Waals surface area contributed by atoms with Gasteiger partial charge in [0.1, 0.15) is 25.3 Å². The van der Waals surface area contributed by atoms with Gasteiger partial charge in [-0.25, -0.2) is 9.59 Å². The van der Waals surface area contributed by atoms with Gasteiger partial charge in [-0.3, -0.25) is 9.59 Å². The van der Waals surface area contributed by atoms with E-state index < -0.39 is 42.0 Å². The average molecular weight is 512 g/mol. The fourth-order valence-corrected chi connectivity index (χ4v) is 3.55. The van der Waals surface area contributed by atoms with Gasteiger partial charge >= 0.3 is 18.0 Å². The predicted octanol–water partition coefficient (Wildman–Crippen LogP) is 3.57. The van der Waals surface area contributed by atoms with Gasteiger partial charge in [-0.2, -0.15) is 0 Å². The molecule has 0 aliphatic heterocycles. The third-order valence-corrected chi connectivity index (χ3v) is 5.38. The maximum atomic E-state index is 13.3. The summed E-state index contributed by atoms with van der Waals surface area (Å²) in [5.74, 6) is -1.94. The molecule has 3 amide bonds. The van der Waals surface area contributed by atoms with Crippen LogP contribution in [0.5, 0.6) is 0 Å². The molecular formula is C28H37N3O6. The highest BCUT2D eigenvalue weighted by Crippen LogP contribution is 2.14. The number of amides is 3. The first-order valence-electron chi connectivity index (χ1n) is 12.4. The molecule has 0 bridgehead atoms. The quantitative estimate of drug-likeness (QED) is 0.421. The van der Waals surface area contributed by atoms with Crippen molar-refractivity contribution in [1.29, 1.82) is 0 Å². The van der Waals surface area contributed by atoms with E-state index >= 15 is 0 Å². The summed E-state index contributed by atoms with van der Waals surface area (Å²) < 4.78 is 10.7. The third kappa shape index (κ3) is 9.95. The molecule has 2 aromatic rings. The first-order chi connectivity index (χ1) is 17.6. The molecule has 0 saturated heterocycles. The Morgan fingerprint density at radius 1 is 0.757 bits per heavy atom. The van der Waals surface area contributed by atoms with E-state index in [0.717, 1.165) is 11.1 Å². The Hall–Kier alpha value is -3.88. The summed E-state index contributed by atoms with van der Waals surface area (Å²) in [4.78, 5) is 52.8. The van der Waals surface area contributed by atoms with Crippen LogP contribution in [0.2, 0.25) is 0 Å². The lowest BCUT2D eigenvalue weighted by Gasteiger charge is -2.34. The topological polar surface area (TPSA) is 114 Å². The van der Waals surface area contributed by atoms with E-state index in [4.69, 9.17) is 9.47 Å². The molecule has 200 valence electrons. The van der Waals surface area contributed by atoms with E-state index in [9.17, 15) is 19.2 Å². The molecular weight excluding hydrogens is 474 g/mol. The van der Waals surface area contributed by atoms with Gasteiger partial charge in [0.15, 0.2) is 0 Å². The zero-order valence-corrected chi connectivity index (χ0v) is 22.1. The average Bonchev–Trinajstić information content (AvgIpc) is 2.86. The normalized spacial score (nSPS) is 12.4. The number of ether oxygens (including phenoxy) is 2. The standard InChI is InChI=1S/C28H37N3O6/c1-19(2)29-28(35)31(20(3)4)24(16-25(32)36-17-22-12-8-6-9-13-22)26(33)30-21(5)27(34)37-18-23-14-10-7-11-15-23/h6-15,19-21,24H,16-18H2,1-5H3,(H,29,35)(H,30,33)/t21-,24?/m0/s1. The van der Waals surface area contributed by atoms with Gasteiger partial charge in [-0.15, -0.1) is 0 Å². The van der Waals surface area contributed by atoms with E-state index in [2.05, 4.69) is 10.6 Å². The fraction of sp³-hybridized carbons (Fsp3) is 0.429. The number of nitrogens with zero attached hydrogens (tertiary/aromatic N) is 1. The van der Waals surface area contributed by atoms with Crippen LogP contribution in [-0.2, 0) is 37.1 Å². The molecule has 1 unspecified atom stereocenters. The van der Waals surface area contributed by atoms with Crippen LogP contribution >= 0.6 is 0 Å². The number of rotatable bonds is 12. The van der Waals surface area contributed by atoms with Crippen molar-refractivity contribution in [2.45, 2.75) is 78.4 Å². The zero-order chi connectivity index (χ0) is 27.4. The summed E-state index contributed by atoms with van der Waals surface area (Å²) >= 11 is 0. The summed E-state index contributed by atoms with van der Waals surface area (Å²) in [6, 6.07) is 15.0. The number of carbonyl (C=O) groups is 4. The Balaban J connectivity index is 2.12. The molecule has 2 rings (SSSR count). The maximum Gasteiger partial charge on any atom is 0.328 e. The summed E-state index contributed by atoms with van der Waals surface area (Å²) in [6.45, 7) is 8.67. The van der Waals surface area contributed by atoms with Gasteiger partial charge < -0.3 is 25.0 Å². The lowest BCUT2D eigenvalue weighted by Crippen LogP contribution is -2.58. The van der Waals surface area contributed by atoms with Crippen LogP contribution < -0.4 is 10.6 Å². The molecule has 2 atom stereocenters. The van der Waals surface area contributed by atoms with Crippen LogP contribution in [0.1, 0.15) is 52.2 Å². The molecule has 0 aliphatic carbocycles. The second-order valence-electron chi connectivity index (χ2n) is 9.29. The molecule has 0 spiro atoms. The first-order valence-corrected chi connectivity index (χ1v) is 12.4. The van der Waals surface area contributed by atoms with E-state index in [1.807, 2.05) is 60.7 Å². The Labute approximate surface area is 218 Å². The number of benzene rings is 2. The van der Waals surface area contributed by atoms with Crippen LogP contribution in [0.3, 0.4) is 0 Å². The number of urea groups is 1. The molecule has 2 N–H and O–H groups in total. The lowest BCUT2D eigenvalue weighted by atomic mass is 10.1. The van der Waals surface area contributed by atoms with Crippen molar-refractivity contribution in [2.75, 3.05) is 0 Å². The van der Waals surface area contributed by atoms with Crippen LogP contribution in [0.25, 0.3) is 0 Å². The van der Waals surface area contributed by atoms with Gasteiger partial charge in [0.25, 0.3) is 0 Å². The zero-order valence-electron chi connectivity index (χ0n) is 22.1. The molecule has 0 fully saturated rings. The predicted molar refractivity (Wildman–Crippen MR) is 139 cm³/mol. The van der Waals surface area contributed by atoms with E-state index in [1.54, 1.807) is 27.7 Å². The summed E-state index contributed by atoms with van der Waals surface area (Å²) in [7, 11) is 0. The summed E-state index contributed by atoms with van der Waals surface area (Å²) in [5, 5.41) is 5.36. The number of nitrogens with one attached hydrogen (secondary N) is 2. The van der Waals surface area contributed by atoms with Crippen LogP contribution in [0.4, 0.5) is 4.79 Å². The highest BCUT2D eigenvalue weighted by molar-refractivity contribution is 5.93. The van der Waals surface area contributed by atoms with Crippen molar-refractivity contribution in [3.05, 3.63) is 71.8 Å². The number of carbonyl (C=O) groups excluding carboxylic acids is 4. The fourth-order valence-electron chi connectivity index (χ4n) is 3.55. The molecule has 37 heavy (non-hydrogen) atoms. The van der Waals surface area contributed by atoms with Crippen LogP contribution in [0.15, 0.2) is 60.7 Å². The van der Waals surface area contributed by atoms with Gasteiger partial charge in [0.05, 0.1) is 6.42 Å². The summed E-state index contributed by atoms with van der Waals surface area (Å²) in [5.41, 5.74) is 1.61. The van der Waals surface area contributed by atoms with Crippen molar-refractivity contribution < 1.29 is 28.7 Å². The van der Waals surface area contributed by atoms with E-state index in [0.29, 0.717) is 0 Å². The summed E-state index contributed by atoms with van der Waals surface area (Å²) in [6.07, 6.45) is -0.381. The minimum Gasteiger partial charge on any atom is -0.461 e. The van der Waals surface area contributed by atoms with Crippen molar-refractivity contribution in [3.63, 3.8) is 0 Å². The van der Waals surface area contributed by atoms with Crippen LogP contribution in [-0.4, -0.2) is 52.9 Å². The molecule has 9 heteroatoms. The van der Waals surface area contributed by atoms with E-state index in [1.165, 1.54) is 11.8 Å². The van der Waals surface area contributed by atoms with Gasteiger partial charge in [0, 0.05) is 12.1 Å². The SMILES string of the molecule is CC(C)NC(=O)N(C(C)C)C(CC(=O)OCc1ccccc1)C(=O)N[C@@H](C)C(=O)OCc1ccccc1. The first kappa shape index (κ1) is 29.4. The lowest BCUT2D eigenvalue weighted by molar-refractivity contribution is -0.150. The Morgan fingerprint density at radius 3 is 1.76 bits per heavy atom. The number of hydrogen-bond donors (Lipinski definition) is 2. The molecule has 9 nitrogen and oxygen atoms in total. The Bertz CT molecular complexity index is 1030. The minimum absolute atomic E-state index is 0.0378. The largest absolute Gasteiger partial charge is 0.461 e. The third-order valence-electron chi connectivity index (χ3n) is 5.38. The van der Waals surface area contributed by atoms with Gasteiger partial charge in [-0.05, 0) is 45.7 Å². The Kier molecular flexibility index (Phi) is 11.6. The van der Waals surface area contributed by atoms with Crippen molar-refractivity contribution in [1.82, 2.24) is 15.5 Å². The van der Waals surface area contributed by atoms with E-state index in [-0.39, 0.29) is 25.7 Å². The number of hydrogen-bond acceptors (Lipinski definition) is 6. The smallest absolute Gasteiger partial charge is 0.328 e. The van der Waals surface area contributed by atoms with Crippen molar-refractivity contribution >= 4 is 23.9 Å². The number of esters is 2. The molecule has 0 saturated carbocycles. The van der Waals surface area contributed by atoms with Gasteiger partial charge in [-0.1, -0.05) is 60.7 Å². The minimum atomic E-state index is -1.20. The monoisotopic (exact) mass is 511 g/mol. The highest BCUT2D eigenvalue weighted by Gasteiger charge is 2.36. The second-order valence-corrected chi connectivity index (χ2v) is 9.29. The maximum absolute atomic E-state index is 13.3. The van der Waals surface area contributed by atoms with Crippen molar-refractivity contribution in [2.24, 2.45) is 0 Å². The van der Waals surface area contributed by atoms with Gasteiger partial charge in [0.2, 0.25) is 5.91 Å². The molecule has 0 heterocycles. The second kappa shape index (κ2) is 14.6.